The second kappa shape index (κ2) is 3.13. The minimum absolute atomic E-state index is 0.0133. The van der Waals surface area contributed by atoms with Crippen LogP contribution in [-0.4, -0.2) is 12.3 Å². The van der Waals surface area contributed by atoms with Crippen LogP contribution in [0.25, 0.3) is 0 Å². The van der Waals surface area contributed by atoms with Gasteiger partial charge in [0.15, 0.2) is 5.78 Å². The molecule has 0 heterocycles. The van der Waals surface area contributed by atoms with Gasteiger partial charge in [-0.3, -0.25) is 4.79 Å². The number of carbonyl (C=O) groups excluding carboxylic acids is 1. The molecule has 0 saturated heterocycles. The summed E-state index contributed by atoms with van der Waals surface area (Å²) in [5, 5.41) is 0. The summed E-state index contributed by atoms with van der Waals surface area (Å²) in [7, 11) is 0. The number of Topliss-reactive ketones (excluding diaryl/α,β-unsaturated/α-hetero) is 1. The normalized spacial score (nSPS) is 9.30. The van der Waals surface area contributed by atoms with Gasteiger partial charge in [0.25, 0.3) is 0 Å². The lowest BCUT2D eigenvalue weighted by atomic mass is 10.3. The highest BCUT2D eigenvalue weighted by molar-refractivity contribution is 5.97. The van der Waals surface area contributed by atoms with Gasteiger partial charge in [-0.05, 0) is 0 Å². The molecule has 1 rings (SSSR count). The van der Waals surface area contributed by atoms with E-state index in [0.717, 1.165) is 0 Å². The zero-order valence-corrected chi connectivity index (χ0v) is 5.58. The van der Waals surface area contributed by atoms with Crippen molar-refractivity contribution >= 4 is 5.78 Å². The van der Waals surface area contributed by atoms with E-state index in [1.807, 2.05) is 18.2 Å². The van der Waals surface area contributed by atoms with Gasteiger partial charge >= 0.3 is 0 Å². The molecule has 0 bridgehead atoms. The zero-order valence-electron chi connectivity index (χ0n) is 5.58. The van der Waals surface area contributed by atoms with E-state index < -0.39 is 0 Å². The highest BCUT2D eigenvalue weighted by Gasteiger charge is 1.98. The lowest BCUT2D eigenvalue weighted by molar-refractivity contribution is 0.100. The third-order valence-electron chi connectivity index (χ3n) is 1.28. The zero-order chi connectivity index (χ0) is 7.40. The summed E-state index contributed by atoms with van der Waals surface area (Å²) in [6.45, 7) is 0.0873. The number of carbonyl (C=O) groups is 1. The Balaban J connectivity index is 2.85. The summed E-state index contributed by atoms with van der Waals surface area (Å²) >= 11 is 0. The molecule has 52 valence electrons. The van der Waals surface area contributed by atoms with Crippen molar-refractivity contribution in [3.63, 3.8) is 0 Å². The molecule has 0 fully saturated rings. The third-order valence-corrected chi connectivity index (χ3v) is 1.28. The van der Waals surface area contributed by atoms with E-state index in [0.29, 0.717) is 5.56 Å². The van der Waals surface area contributed by atoms with E-state index in [1.165, 1.54) is 0 Å². The van der Waals surface area contributed by atoms with Gasteiger partial charge in [0, 0.05) is 5.56 Å². The Morgan fingerprint density at radius 1 is 1.30 bits per heavy atom. The predicted molar refractivity (Wildman–Crippen MR) is 39.8 cm³/mol. The van der Waals surface area contributed by atoms with Gasteiger partial charge in [0.1, 0.15) is 0 Å². The van der Waals surface area contributed by atoms with Crippen molar-refractivity contribution in [3.05, 3.63) is 35.9 Å². The van der Waals surface area contributed by atoms with Crippen LogP contribution < -0.4 is 5.73 Å². The van der Waals surface area contributed by atoms with Crippen LogP contribution in [0, 0.1) is 0 Å². The second-order valence-electron chi connectivity index (χ2n) is 1.99. The van der Waals surface area contributed by atoms with E-state index in [9.17, 15) is 4.79 Å². The van der Waals surface area contributed by atoms with Crippen molar-refractivity contribution in [2.24, 2.45) is 5.73 Å². The summed E-state index contributed by atoms with van der Waals surface area (Å²) in [4.78, 5) is 10.9. The molecular formula is C8H9NO. The van der Waals surface area contributed by atoms with E-state index in [4.69, 9.17) is 5.73 Å². The number of hydrogen-bond acceptors (Lipinski definition) is 2. The quantitative estimate of drug-likeness (QED) is 0.613. The molecule has 2 N–H and O–H groups in total. The molecule has 0 radical (unpaired) electrons. The van der Waals surface area contributed by atoms with Crippen molar-refractivity contribution in [2.45, 2.75) is 0 Å². The molecule has 2 nitrogen and oxygen atoms in total. The highest BCUT2D eigenvalue weighted by atomic mass is 16.3. The Bertz CT molecular complexity index is 218. The molecule has 0 saturated carbocycles. The molecule has 1 aromatic rings. The molecule has 10 heavy (non-hydrogen) atoms. The van der Waals surface area contributed by atoms with Crippen molar-refractivity contribution in [1.82, 2.24) is 0 Å². The molecule has 0 atom stereocenters. The van der Waals surface area contributed by atoms with Crippen LogP contribution >= 0.6 is 0 Å². The van der Waals surface area contributed by atoms with Gasteiger partial charge in [-0.25, -0.2) is 0 Å². The number of ketones is 1. The van der Waals surface area contributed by atoms with Crippen molar-refractivity contribution in [2.75, 3.05) is 6.54 Å². The number of rotatable bonds is 2. The molecule has 1 aromatic carbocycles. The first-order chi connectivity index (χ1) is 4.84. The van der Waals surface area contributed by atoms with Crippen LogP contribution in [-0.2, 0) is 0 Å². The molecule has 0 aromatic heterocycles. The number of hydrogen-bond donors (Lipinski definition) is 1. The summed E-state index contributed by atoms with van der Waals surface area (Å²) in [5.74, 6) is -0.0133. The fraction of sp³-hybridized carbons (Fsp3) is 0.125. The van der Waals surface area contributed by atoms with Crippen LogP contribution in [0.5, 0.6) is 0 Å². The minimum atomic E-state index is -0.0133. The maximum absolute atomic E-state index is 10.9. The Morgan fingerprint density at radius 2 is 1.90 bits per heavy atom. The van der Waals surface area contributed by atoms with Crippen LogP contribution in [0.1, 0.15) is 10.4 Å². The van der Waals surface area contributed by atoms with Crippen molar-refractivity contribution in [1.29, 1.82) is 0 Å². The van der Waals surface area contributed by atoms with Crippen LogP contribution in [0.4, 0.5) is 0 Å². The topological polar surface area (TPSA) is 43.1 Å². The minimum Gasteiger partial charge on any atom is -0.324 e. The van der Waals surface area contributed by atoms with E-state index in [-0.39, 0.29) is 12.3 Å². The Kier molecular flexibility index (Phi) is 2.18. The maximum atomic E-state index is 10.9. The summed E-state index contributed by atoms with van der Waals surface area (Å²) in [5.41, 5.74) is 5.84. The van der Waals surface area contributed by atoms with Gasteiger partial charge in [-0.2, -0.15) is 0 Å². The molecule has 0 unspecified atom stereocenters. The molecule has 0 aliphatic heterocycles. The van der Waals surface area contributed by atoms with E-state index in [2.05, 4.69) is 0 Å². The highest BCUT2D eigenvalue weighted by Crippen LogP contribution is 1.97. The Hall–Kier alpha value is -1.15. The second-order valence-corrected chi connectivity index (χ2v) is 1.99. The van der Waals surface area contributed by atoms with E-state index >= 15 is 0 Å². The maximum Gasteiger partial charge on any atom is 0.176 e. The molecular weight excluding hydrogens is 128 g/mol. The molecule has 0 amide bonds. The van der Waals surface area contributed by atoms with Gasteiger partial charge in [-0.15, -0.1) is 0 Å². The molecule has 2 heteroatoms. The fourth-order valence-corrected chi connectivity index (χ4v) is 0.742. The van der Waals surface area contributed by atoms with Gasteiger partial charge in [0.2, 0.25) is 0 Å². The Labute approximate surface area is 59.7 Å². The molecule has 0 aliphatic rings. The fourth-order valence-electron chi connectivity index (χ4n) is 0.742. The largest absolute Gasteiger partial charge is 0.324 e. The van der Waals surface area contributed by atoms with Crippen LogP contribution in [0.3, 0.4) is 0 Å². The predicted octanol–water partition coefficient (Wildman–Crippen LogP) is 0.828. The van der Waals surface area contributed by atoms with Crippen molar-refractivity contribution < 1.29 is 4.79 Å². The lowest BCUT2D eigenvalue weighted by Crippen LogP contribution is -2.12. The third kappa shape index (κ3) is 1.42. The first-order valence-electron chi connectivity index (χ1n) is 3.13. The first-order valence-corrected chi connectivity index (χ1v) is 3.13. The van der Waals surface area contributed by atoms with Gasteiger partial charge in [0.05, 0.1) is 6.54 Å². The standard InChI is InChI=1S/C8H9NO/c9-6-8(10)7-4-2-1-3-5-7/h1-5H,6,9H2/i8+2. The van der Waals surface area contributed by atoms with Crippen LogP contribution in [0.15, 0.2) is 30.3 Å². The average molecular weight is 137 g/mol. The monoisotopic (exact) mass is 137 g/mol. The first kappa shape index (κ1) is 6.96. The molecule has 0 aliphatic carbocycles. The summed E-state index contributed by atoms with van der Waals surface area (Å²) in [6, 6.07) is 9.03. The number of benzene rings is 1. The van der Waals surface area contributed by atoms with Gasteiger partial charge in [-0.1, -0.05) is 30.3 Å². The van der Waals surface area contributed by atoms with Crippen LogP contribution in [0.2, 0.25) is 0 Å². The van der Waals surface area contributed by atoms with Gasteiger partial charge < -0.3 is 5.73 Å². The van der Waals surface area contributed by atoms with Crippen molar-refractivity contribution in [3.8, 4) is 0 Å². The van der Waals surface area contributed by atoms with E-state index in [1.54, 1.807) is 12.1 Å². The average Bonchev–Trinajstić information content (AvgIpc) is 2.05. The lowest BCUT2D eigenvalue weighted by Gasteiger charge is -1.93. The molecule has 0 spiro atoms. The summed E-state index contributed by atoms with van der Waals surface area (Å²) in [6.07, 6.45) is 0. The number of nitrogens with two attached hydrogens (primary N) is 1. The smallest absolute Gasteiger partial charge is 0.176 e. The summed E-state index contributed by atoms with van der Waals surface area (Å²) < 4.78 is 0. The Morgan fingerprint density at radius 3 is 2.40 bits per heavy atom. The SMILES string of the molecule is NC[14C](=O)c1ccccc1.